The Kier molecular flexibility index (Phi) is 4.15. The van der Waals surface area contributed by atoms with Gasteiger partial charge in [0.2, 0.25) is 0 Å². The molecule has 0 spiro atoms. The minimum Gasteiger partial charge on any atom is -0.309 e. The summed E-state index contributed by atoms with van der Waals surface area (Å²) < 4.78 is 0. The average molecular weight is 260 g/mol. The van der Waals surface area contributed by atoms with Crippen LogP contribution in [0, 0.1) is 13.8 Å². The van der Waals surface area contributed by atoms with Crippen molar-refractivity contribution in [3.8, 4) is 10.6 Å². The Balaban J connectivity index is 2.24. The highest BCUT2D eigenvalue weighted by molar-refractivity contribution is 7.13. The lowest BCUT2D eigenvalue weighted by molar-refractivity contribution is 0.583. The highest BCUT2D eigenvalue weighted by Crippen LogP contribution is 2.29. The minimum absolute atomic E-state index is 0.496. The molecule has 0 amide bonds. The molecule has 0 bridgehead atoms. The van der Waals surface area contributed by atoms with E-state index in [1.54, 1.807) is 11.3 Å². The highest BCUT2D eigenvalue weighted by Gasteiger charge is 2.09. The van der Waals surface area contributed by atoms with Crippen molar-refractivity contribution in [1.29, 1.82) is 0 Å². The number of benzene rings is 1. The first-order valence-electron chi connectivity index (χ1n) is 6.32. The molecule has 0 aliphatic heterocycles. The fourth-order valence-electron chi connectivity index (χ4n) is 1.96. The van der Waals surface area contributed by atoms with Gasteiger partial charge in [0.1, 0.15) is 5.01 Å². The molecule has 1 heterocycles. The topological polar surface area (TPSA) is 24.9 Å². The Morgan fingerprint density at radius 2 is 1.89 bits per heavy atom. The van der Waals surface area contributed by atoms with Gasteiger partial charge in [0.25, 0.3) is 0 Å². The fraction of sp³-hybridized carbons (Fsp3) is 0.400. The second-order valence-corrected chi connectivity index (χ2v) is 5.80. The maximum atomic E-state index is 4.73. The van der Waals surface area contributed by atoms with Crippen LogP contribution < -0.4 is 5.32 Å². The van der Waals surface area contributed by atoms with Gasteiger partial charge in [-0.05, 0) is 25.0 Å². The van der Waals surface area contributed by atoms with Crippen LogP contribution in [0.3, 0.4) is 0 Å². The van der Waals surface area contributed by atoms with Gasteiger partial charge in [-0.2, -0.15) is 0 Å². The van der Waals surface area contributed by atoms with E-state index < -0.39 is 0 Å². The molecular weight excluding hydrogens is 240 g/mol. The number of hydrogen-bond acceptors (Lipinski definition) is 3. The van der Waals surface area contributed by atoms with Crippen LogP contribution in [-0.4, -0.2) is 11.0 Å². The van der Waals surface area contributed by atoms with Crippen molar-refractivity contribution in [2.75, 3.05) is 0 Å². The number of thiazole rings is 1. The maximum Gasteiger partial charge on any atom is 0.124 e. The second kappa shape index (κ2) is 5.63. The maximum absolute atomic E-state index is 4.73. The zero-order chi connectivity index (χ0) is 13.1. The predicted octanol–water partition coefficient (Wildman–Crippen LogP) is 3.92. The number of aryl methyl sites for hydroxylation is 2. The number of rotatable bonds is 4. The lowest BCUT2D eigenvalue weighted by atomic mass is 10.0. The molecule has 0 fully saturated rings. The zero-order valence-corrected chi connectivity index (χ0v) is 12.3. The summed E-state index contributed by atoms with van der Waals surface area (Å²) in [5.41, 5.74) is 5.02. The molecule has 0 aliphatic rings. The third kappa shape index (κ3) is 2.98. The van der Waals surface area contributed by atoms with Crippen LogP contribution in [0.25, 0.3) is 10.6 Å². The summed E-state index contributed by atoms with van der Waals surface area (Å²) >= 11 is 1.73. The Morgan fingerprint density at radius 3 is 2.50 bits per heavy atom. The molecule has 1 aromatic heterocycles. The van der Waals surface area contributed by atoms with E-state index in [1.807, 2.05) is 0 Å². The van der Waals surface area contributed by atoms with E-state index >= 15 is 0 Å². The Hall–Kier alpha value is -1.19. The summed E-state index contributed by atoms with van der Waals surface area (Å²) in [6.07, 6.45) is 0. The van der Waals surface area contributed by atoms with Gasteiger partial charge in [0.05, 0.1) is 5.69 Å². The number of aromatic nitrogens is 1. The van der Waals surface area contributed by atoms with Gasteiger partial charge in [0, 0.05) is 23.5 Å². The lowest BCUT2D eigenvalue weighted by Gasteiger charge is -2.06. The van der Waals surface area contributed by atoms with Gasteiger partial charge in [-0.15, -0.1) is 11.3 Å². The molecule has 0 atom stereocenters. The molecule has 0 unspecified atom stereocenters. The van der Waals surface area contributed by atoms with Crippen molar-refractivity contribution < 1.29 is 0 Å². The van der Waals surface area contributed by atoms with Crippen molar-refractivity contribution >= 4 is 11.3 Å². The van der Waals surface area contributed by atoms with Gasteiger partial charge in [-0.3, -0.25) is 0 Å². The van der Waals surface area contributed by atoms with Crippen LogP contribution in [-0.2, 0) is 6.54 Å². The molecule has 1 aromatic carbocycles. The fourth-order valence-corrected chi connectivity index (χ4v) is 2.96. The van der Waals surface area contributed by atoms with Crippen LogP contribution in [0.15, 0.2) is 23.6 Å². The normalized spacial score (nSPS) is 11.2. The molecule has 96 valence electrons. The van der Waals surface area contributed by atoms with Crippen molar-refractivity contribution in [2.24, 2.45) is 0 Å². The van der Waals surface area contributed by atoms with E-state index in [2.05, 4.69) is 56.6 Å². The third-order valence-corrected chi connectivity index (χ3v) is 3.85. The smallest absolute Gasteiger partial charge is 0.124 e. The lowest BCUT2D eigenvalue weighted by Crippen LogP contribution is -2.21. The first kappa shape index (κ1) is 13.2. The molecule has 3 heteroatoms. The largest absolute Gasteiger partial charge is 0.309 e. The van der Waals surface area contributed by atoms with Crippen molar-refractivity contribution in [2.45, 2.75) is 40.3 Å². The number of nitrogens with one attached hydrogen (secondary N) is 1. The average Bonchev–Trinajstić information content (AvgIpc) is 2.75. The van der Waals surface area contributed by atoms with Crippen LogP contribution in [0.5, 0.6) is 0 Å². The highest BCUT2D eigenvalue weighted by atomic mass is 32.1. The quantitative estimate of drug-likeness (QED) is 0.901. The monoisotopic (exact) mass is 260 g/mol. The molecular formula is C15H20N2S. The van der Waals surface area contributed by atoms with E-state index in [1.165, 1.54) is 16.7 Å². The summed E-state index contributed by atoms with van der Waals surface area (Å²) in [6, 6.07) is 6.89. The summed E-state index contributed by atoms with van der Waals surface area (Å²) in [4.78, 5) is 4.73. The molecule has 1 N–H and O–H groups in total. The van der Waals surface area contributed by atoms with Crippen molar-refractivity contribution in [1.82, 2.24) is 10.3 Å². The van der Waals surface area contributed by atoms with Crippen LogP contribution in [0.1, 0.15) is 30.7 Å². The van der Waals surface area contributed by atoms with Gasteiger partial charge >= 0.3 is 0 Å². The Bertz CT molecular complexity index is 509. The molecule has 18 heavy (non-hydrogen) atoms. The Morgan fingerprint density at radius 1 is 1.22 bits per heavy atom. The summed E-state index contributed by atoms with van der Waals surface area (Å²) in [5.74, 6) is 0. The zero-order valence-electron chi connectivity index (χ0n) is 11.4. The number of hydrogen-bond donors (Lipinski definition) is 1. The SMILES string of the molecule is Cc1cccc(C)c1-c1nc(CNC(C)C)cs1. The predicted molar refractivity (Wildman–Crippen MR) is 79.0 cm³/mol. The van der Waals surface area contributed by atoms with E-state index in [4.69, 9.17) is 4.98 Å². The second-order valence-electron chi connectivity index (χ2n) is 4.95. The van der Waals surface area contributed by atoms with Gasteiger partial charge < -0.3 is 5.32 Å². The Labute approximate surface area is 113 Å². The summed E-state index contributed by atoms with van der Waals surface area (Å²) in [7, 11) is 0. The molecule has 0 radical (unpaired) electrons. The molecule has 0 aliphatic carbocycles. The van der Waals surface area contributed by atoms with Gasteiger partial charge in [0.15, 0.2) is 0 Å². The summed E-state index contributed by atoms with van der Waals surface area (Å²) in [6.45, 7) is 9.45. The minimum atomic E-state index is 0.496. The molecule has 2 rings (SSSR count). The molecule has 2 nitrogen and oxygen atoms in total. The van der Waals surface area contributed by atoms with E-state index in [9.17, 15) is 0 Å². The van der Waals surface area contributed by atoms with E-state index in [0.717, 1.165) is 17.2 Å². The van der Waals surface area contributed by atoms with Crippen molar-refractivity contribution in [3.63, 3.8) is 0 Å². The molecule has 0 saturated carbocycles. The van der Waals surface area contributed by atoms with Gasteiger partial charge in [-0.25, -0.2) is 4.98 Å². The van der Waals surface area contributed by atoms with Crippen LogP contribution in [0.4, 0.5) is 0 Å². The van der Waals surface area contributed by atoms with Crippen molar-refractivity contribution in [3.05, 3.63) is 40.4 Å². The standard InChI is InChI=1S/C15H20N2S/c1-10(2)16-8-13-9-18-15(17-13)14-11(3)6-5-7-12(14)4/h5-7,9-10,16H,8H2,1-4H3. The first-order valence-corrected chi connectivity index (χ1v) is 7.20. The molecule has 2 aromatic rings. The third-order valence-electron chi connectivity index (χ3n) is 2.94. The van der Waals surface area contributed by atoms with Gasteiger partial charge in [-0.1, -0.05) is 32.0 Å². The van der Waals surface area contributed by atoms with Crippen LogP contribution in [0.2, 0.25) is 0 Å². The first-order chi connectivity index (χ1) is 8.58. The van der Waals surface area contributed by atoms with E-state index in [-0.39, 0.29) is 0 Å². The van der Waals surface area contributed by atoms with E-state index in [0.29, 0.717) is 6.04 Å². The molecule has 0 saturated heterocycles. The van der Waals surface area contributed by atoms with Crippen LogP contribution >= 0.6 is 11.3 Å². The number of nitrogens with zero attached hydrogens (tertiary/aromatic N) is 1. The summed E-state index contributed by atoms with van der Waals surface area (Å²) in [5, 5.41) is 6.68.